The smallest absolute Gasteiger partial charge is 0.308 e. The largest absolute Gasteiger partial charge is 0.493 e. The second kappa shape index (κ2) is 13.9. The van der Waals surface area contributed by atoms with E-state index in [-0.39, 0.29) is 31.0 Å². The minimum absolute atomic E-state index is 0.0207. The van der Waals surface area contributed by atoms with E-state index in [2.05, 4.69) is 11.0 Å². The minimum atomic E-state index is -0.833. The standard InChI is InChI=1S/C31H42N2O6/c1-3-15-33(39-16-4-2)29(35)20-32-19-26(23-12-13-28-24(18-23)14-17-38-28)30(31(36)37)27(32)11-7-10-22-8-5-6-9-25(22)21-34/h5-6,8-9,12-13,18,26-27,30,34H,3-4,7,10-11,14-17,19-21H2,1-2H3,(H,36,37)/t26-,27+,30-/m1/s1. The average Bonchev–Trinajstić information content (AvgIpc) is 3.55. The number of aliphatic carboxylic acids is 1. The molecule has 8 nitrogen and oxygen atoms in total. The van der Waals surface area contributed by atoms with Crippen LogP contribution < -0.4 is 4.74 Å². The molecule has 1 fully saturated rings. The van der Waals surface area contributed by atoms with Gasteiger partial charge in [0, 0.05) is 31.5 Å². The Morgan fingerprint density at radius 3 is 2.64 bits per heavy atom. The molecular formula is C31H42N2O6. The molecule has 4 rings (SSSR count). The number of aliphatic hydroxyl groups excluding tert-OH is 1. The molecule has 0 unspecified atom stereocenters. The van der Waals surface area contributed by atoms with Crippen LogP contribution in [-0.4, -0.2) is 70.9 Å². The van der Waals surface area contributed by atoms with E-state index in [0.717, 1.165) is 60.1 Å². The monoisotopic (exact) mass is 538 g/mol. The van der Waals surface area contributed by atoms with Crippen molar-refractivity contribution < 1.29 is 29.4 Å². The molecule has 2 N–H and O–H groups in total. The summed E-state index contributed by atoms with van der Waals surface area (Å²) in [6.45, 7) is 6.23. The molecule has 0 radical (unpaired) electrons. The summed E-state index contributed by atoms with van der Waals surface area (Å²) in [5, 5.41) is 21.6. The van der Waals surface area contributed by atoms with E-state index in [0.29, 0.717) is 32.7 Å². The lowest BCUT2D eigenvalue weighted by Gasteiger charge is -2.29. The summed E-state index contributed by atoms with van der Waals surface area (Å²) in [5.41, 5.74) is 4.08. The Morgan fingerprint density at radius 2 is 1.92 bits per heavy atom. The van der Waals surface area contributed by atoms with Gasteiger partial charge in [-0.15, -0.1) is 0 Å². The fraction of sp³-hybridized carbons (Fsp3) is 0.548. The van der Waals surface area contributed by atoms with Gasteiger partial charge < -0.3 is 14.9 Å². The van der Waals surface area contributed by atoms with Crippen molar-refractivity contribution in [1.82, 2.24) is 9.96 Å². The number of hydrogen-bond donors (Lipinski definition) is 2. The lowest BCUT2D eigenvalue weighted by molar-refractivity contribution is -0.188. The lowest BCUT2D eigenvalue weighted by Crippen LogP contribution is -2.44. The van der Waals surface area contributed by atoms with Crippen LogP contribution in [0.2, 0.25) is 0 Å². The molecule has 0 bridgehead atoms. The second-order valence-corrected chi connectivity index (χ2v) is 10.6. The zero-order valence-electron chi connectivity index (χ0n) is 23.2. The van der Waals surface area contributed by atoms with Crippen LogP contribution >= 0.6 is 0 Å². The van der Waals surface area contributed by atoms with Gasteiger partial charge in [0.2, 0.25) is 0 Å². The zero-order chi connectivity index (χ0) is 27.8. The molecule has 2 aliphatic rings. The molecule has 2 aromatic rings. The number of benzene rings is 2. The molecule has 1 saturated heterocycles. The van der Waals surface area contributed by atoms with Gasteiger partial charge in [0.05, 0.1) is 32.3 Å². The van der Waals surface area contributed by atoms with E-state index in [1.54, 1.807) is 0 Å². The van der Waals surface area contributed by atoms with E-state index in [1.165, 1.54) is 5.06 Å². The Hall–Kier alpha value is -2.94. The van der Waals surface area contributed by atoms with E-state index in [4.69, 9.17) is 9.57 Å². The first-order valence-electron chi connectivity index (χ1n) is 14.3. The Labute approximate surface area is 231 Å². The van der Waals surface area contributed by atoms with Gasteiger partial charge in [-0.3, -0.25) is 19.3 Å². The van der Waals surface area contributed by atoms with Crippen molar-refractivity contribution >= 4 is 11.9 Å². The Balaban J connectivity index is 1.57. The number of nitrogens with zero attached hydrogens (tertiary/aromatic N) is 2. The molecule has 1 amide bonds. The number of aryl methyl sites for hydroxylation is 1. The van der Waals surface area contributed by atoms with Crippen LogP contribution in [0.1, 0.15) is 67.7 Å². The van der Waals surface area contributed by atoms with Crippen LogP contribution in [0.25, 0.3) is 0 Å². The predicted octanol–water partition coefficient (Wildman–Crippen LogP) is 4.19. The molecular weight excluding hydrogens is 496 g/mol. The number of rotatable bonds is 14. The SMILES string of the molecule is CCCON(CCC)C(=O)CN1C[C@H](c2ccc3c(c2)CCO3)[C@@H](C(=O)O)[C@@H]1CCCc1ccccc1CO. The van der Waals surface area contributed by atoms with Crippen LogP contribution in [0.3, 0.4) is 0 Å². The number of ether oxygens (including phenoxy) is 1. The molecule has 8 heteroatoms. The molecule has 0 aromatic heterocycles. The Kier molecular flexibility index (Phi) is 10.4. The topological polar surface area (TPSA) is 99.5 Å². The molecule has 0 aliphatic carbocycles. The third kappa shape index (κ3) is 6.99. The average molecular weight is 539 g/mol. The number of aliphatic hydroxyl groups is 1. The summed E-state index contributed by atoms with van der Waals surface area (Å²) in [6.07, 6.45) is 4.54. The number of carbonyl (C=O) groups is 2. The van der Waals surface area contributed by atoms with Gasteiger partial charge in [-0.2, -0.15) is 0 Å². The number of carbonyl (C=O) groups excluding carboxylic acids is 1. The highest BCUT2D eigenvalue weighted by Crippen LogP contribution is 2.41. The summed E-state index contributed by atoms with van der Waals surface area (Å²) in [7, 11) is 0. The number of likely N-dealkylation sites (tertiary alicyclic amines) is 1. The summed E-state index contributed by atoms with van der Waals surface area (Å²) in [4.78, 5) is 33.9. The van der Waals surface area contributed by atoms with Crippen molar-refractivity contribution in [2.24, 2.45) is 5.92 Å². The number of hydrogen-bond acceptors (Lipinski definition) is 6. The molecule has 0 saturated carbocycles. The van der Waals surface area contributed by atoms with Crippen molar-refractivity contribution in [3.05, 3.63) is 64.7 Å². The van der Waals surface area contributed by atoms with Crippen LogP contribution in [-0.2, 0) is 33.9 Å². The fourth-order valence-corrected chi connectivity index (χ4v) is 6.00. The van der Waals surface area contributed by atoms with Crippen molar-refractivity contribution in [1.29, 1.82) is 0 Å². The maximum atomic E-state index is 13.4. The first-order chi connectivity index (χ1) is 19.0. The molecule has 39 heavy (non-hydrogen) atoms. The quantitative estimate of drug-likeness (QED) is 0.348. The second-order valence-electron chi connectivity index (χ2n) is 10.6. The summed E-state index contributed by atoms with van der Waals surface area (Å²) in [5.74, 6) is -0.958. The van der Waals surface area contributed by atoms with Gasteiger partial charge in [-0.25, -0.2) is 5.06 Å². The highest BCUT2D eigenvalue weighted by Gasteiger charge is 2.47. The molecule has 212 valence electrons. The van der Waals surface area contributed by atoms with Crippen LogP contribution in [0.15, 0.2) is 42.5 Å². The van der Waals surface area contributed by atoms with Crippen molar-refractivity contribution in [2.45, 2.75) is 70.9 Å². The maximum Gasteiger partial charge on any atom is 0.308 e. The number of carboxylic acids is 1. The highest BCUT2D eigenvalue weighted by atomic mass is 16.7. The van der Waals surface area contributed by atoms with Gasteiger partial charge in [-0.1, -0.05) is 50.2 Å². The summed E-state index contributed by atoms with van der Waals surface area (Å²) < 4.78 is 5.67. The number of fused-ring (bicyclic) bond motifs is 1. The zero-order valence-corrected chi connectivity index (χ0v) is 23.2. The van der Waals surface area contributed by atoms with Crippen molar-refractivity contribution in [2.75, 3.05) is 32.8 Å². The fourth-order valence-electron chi connectivity index (χ4n) is 6.00. The first kappa shape index (κ1) is 29.1. The van der Waals surface area contributed by atoms with E-state index >= 15 is 0 Å². The maximum absolute atomic E-state index is 13.4. The van der Waals surface area contributed by atoms with E-state index in [1.807, 2.05) is 50.2 Å². The molecule has 2 aromatic carbocycles. The third-order valence-corrected chi connectivity index (χ3v) is 7.90. The van der Waals surface area contributed by atoms with Gasteiger partial charge in [-0.05, 0) is 60.4 Å². The van der Waals surface area contributed by atoms with Gasteiger partial charge in [0.25, 0.3) is 5.91 Å². The normalized spacial score (nSPS) is 20.5. The molecule has 2 heterocycles. The summed E-state index contributed by atoms with van der Waals surface area (Å²) >= 11 is 0. The van der Waals surface area contributed by atoms with Crippen LogP contribution in [0.4, 0.5) is 0 Å². The Bertz CT molecular complexity index is 1120. The molecule has 0 spiro atoms. The Morgan fingerprint density at radius 1 is 1.13 bits per heavy atom. The molecule has 2 aliphatic heterocycles. The van der Waals surface area contributed by atoms with Gasteiger partial charge in [0.15, 0.2) is 0 Å². The predicted molar refractivity (Wildman–Crippen MR) is 148 cm³/mol. The number of amides is 1. The van der Waals surface area contributed by atoms with Gasteiger partial charge >= 0.3 is 5.97 Å². The number of carboxylic acid groups (broad SMARTS) is 1. The van der Waals surface area contributed by atoms with E-state index < -0.39 is 11.9 Å². The summed E-state index contributed by atoms with van der Waals surface area (Å²) in [6, 6.07) is 13.5. The van der Waals surface area contributed by atoms with E-state index in [9.17, 15) is 19.8 Å². The number of hydroxylamine groups is 2. The van der Waals surface area contributed by atoms with Crippen LogP contribution in [0.5, 0.6) is 5.75 Å². The third-order valence-electron chi connectivity index (χ3n) is 7.90. The highest BCUT2D eigenvalue weighted by molar-refractivity contribution is 5.78. The van der Waals surface area contributed by atoms with Crippen LogP contribution in [0, 0.1) is 5.92 Å². The van der Waals surface area contributed by atoms with Crippen molar-refractivity contribution in [3.63, 3.8) is 0 Å². The van der Waals surface area contributed by atoms with Crippen molar-refractivity contribution in [3.8, 4) is 5.75 Å². The van der Waals surface area contributed by atoms with Gasteiger partial charge in [0.1, 0.15) is 5.75 Å². The lowest BCUT2D eigenvalue weighted by atomic mass is 9.83. The molecule has 3 atom stereocenters. The minimum Gasteiger partial charge on any atom is -0.493 e. The first-order valence-corrected chi connectivity index (χ1v) is 14.3.